The third-order valence-electron chi connectivity index (χ3n) is 6.18. The molecule has 1 amide bonds. The highest BCUT2D eigenvalue weighted by molar-refractivity contribution is 7.89. The van der Waals surface area contributed by atoms with Gasteiger partial charge in [0.25, 0.3) is 0 Å². The Kier molecular flexibility index (Phi) is 5.69. The molecule has 8 nitrogen and oxygen atoms in total. The summed E-state index contributed by atoms with van der Waals surface area (Å²) in [5, 5.41) is 7.25. The maximum atomic E-state index is 13.1. The third kappa shape index (κ3) is 4.01. The van der Waals surface area contributed by atoms with Gasteiger partial charge in [0, 0.05) is 33.2 Å². The quantitative estimate of drug-likeness (QED) is 0.775. The van der Waals surface area contributed by atoms with Crippen molar-refractivity contribution < 1.29 is 13.2 Å². The van der Waals surface area contributed by atoms with Crippen molar-refractivity contribution in [3.05, 3.63) is 40.7 Å². The molecular formula is C21H29N5O3S. The van der Waals surface area contributed by atoms with Gasteiger partial charge in [-0.2, -0.15) is 9.40 Å². The second-order valence-corrected chi connectivity index (χ2v) is 10.1. The summed E-state index contributed by atoms with van der Waals surface area (Å²) in [6, 6.07) is 5.53. The van der Waals surface area contributed by atoms with Crippen LogP contribution in [0.4, 0.5) is 5.69 Å². The van der Waals surface area contributed by atoms with Gasteiger partial charge in [0.1, 0.15) is 0 Å². The van der Waals surface area contributed by atoms with Crippen LogP contribution in [0.1, 0.15) is 28.9 Å². The minimum absolute atomic E-state index is 0.107. The number of fused-ring (bicyclic) bond motifs is 1. The first kappa shape index (κ1) is 21.0. The average Bonchev–Trinajstić information content (AvgIpc) is 3.28. The number of hydrogen-bond donors (Lipinski definition) is 1. The number of carbonyl (C=O) groups excluding carboxylic acids is 1. The van der Waals surface area contributed by atoms with E-state index in [1.807, 2.05) is 37.9 Å². The van der Waals surface area contributed by atoms with Crippen molar-refractivity contribution in [2.45, 2.75) is 38.0 Å². The zero-order valence-corrected chi connectivity index (χ0v) is 18.6. The lowest BCUT2D eigenvalue weighted by molar-refractivity contribution is -0.117. The molecule has 1 aromatic carbocycles. The van der Waals surface area contributed by atoms with Gasteiger partial charge in [-0.05, 0) is 56.4 Å². The largest absolute Gasteiger partial charge is 0.322 e. The van der Waals surface area contributed by atoms with E-state index < -0.39 is 10.0 Å². The zero-order valence-electron chi connectivity index (χ0n) is 17.8. The molecule has 1 fully saturated rings. The van der Waals surface area contributed by atoms with E-state index in [2.05, 4.69) is 10.4 Å². The molecule has 0 unspecified atom stereocenters. The van der Waals surface area contributed by atoms with E-state index in [1.165, 1.54) is 9.87 Å². The van der Waals surface area contributed by atoms with Gasteiger partial charge in [0.15, 0.2) is 0 Å². The standard InChI is InChI=1S/C21H29N5O3S/c1-15-21(16(2)24(3)23-15)22-20(27)14-25-9-11-26(12-10-25)30(28,29)19-8-7-17-5-4-6-18(17)13-19/h7-8,13H,4-6,9-12,14H2,1-3H3,(H,22,27). The van der Waals surface area contributed by atoms with Gasteiger partial charge in [-0.1, -0.05) is 6.07 Å². The van der Waals surface area contributed by atoms with Crippen LogP contribution >= 0.6 is 0 Å². The first-order valence-electron chi connectivity index (χ1n) is 10.4. The zero-order chi connectivity index (χ0) is 21.5. The van der Waals surface area contributed by atoms with Crippen molar-refractivity contribution in [2.24, 2.45) is 7.05 Å². The summed E-state index contributed by atoms with van der Waals surface area (Å²) in [5.74, 6) is -0.107. The number of anilines is 1. The number of nitrogens with one attached hydrogen (secondary N) is 1. The number of sulfonamides is 1. The normalized spacial score (nSPS) is 17.8. The maximum Gasteiger partial charge on any atom is 0.243 e. The van der Waals surface area contributed by atoms with Crippen LogP contribution in [0.5, 0.6) is 0 Å². The number of carbonyl (C=O) groups is 1. The van der Waals surface area contributed by atoms with Crippen molar-refractivity contribution in [3.8, 4) is 0 Å². The molecule has 0 spiro atoms. The summed E-state index contributed by atoms with van der Waals surface area (Å²) in [7, 11) is -1.65. The molecule has 1 aliphatic carbocycles. The van der Waals surface area contributed by atoms with E-state index in [0.29, 0.717) is 31.1 Å². The summed E-state index contributed by atoms with van der Waals surface area (Å²) < 4.78 is 29.4. The number of rotatable bonds is 5. The molecule has 0 bridgehead atoms. The highest BCUT2D eigenvalue weighted by atomic mass is 32.2. The number of piperazine rings is 1. The third-order valence-corrected chi connectivity index (χ3v) is 8.07. The van der Waals surface area contributed by atoms with E-state index in [1.54, 1.807) is 10.7 Å². The fourth-order valence-electron chi connectivity index (χ4n) is 4.32. The van der Waals surface area contributed by atoms with Gasteiger partial charge in [-0.15, -0.1) is 0 Å². The number of amides is 1. The molecule has 1 N–H and O–H groups in total. The van der Waals surface area contributed by atoms with Gasteiger partial charge >= 0.3 is 0 Å². The van der Waals surface area contributed by atoms with Crippen LogP contribution in [0.25, 0.3) is 0 Å². The molecule has 2 heterocycles. The Bertz CT molecular complexity index is 1070. The predicted molar refractivity (Wildman–Crippen MR) is 115 cm³/mol. The number of benzene rings is 1. The van der Waals surface area contributed by atoms with Gasteiger partial charge < -0.3 is 5.32 Å². The Morgan fingerprint density at radius 2 is 1.80 bits per heavy atom. The highest BCUT2D eigenvalue weighted by Gasteiger charge is 2.30. The second-order valence-electron chi connectivity index (χ2n) is 8.18. The molecular weight excluding hydrogens is 402 g/mol. The van der Waals surface area contributed by atoms with Crippen LogP contribution in [0.15, 0.2) is 23.1 Å². The molecule has 1 saturated heterocycles. The lowest BCUT2D eigenvalue weighted by Crippen LogP contribution is -2.50. The minimum atomic E-state index is -3.50. The van der Waals surface area contributed by atoms with Crippen LogP contribution in [0, 0.1) is 13.8 Å². The van der Waals surface area contributed by atoms with Gasteiger partial charge in [-0.3, -0.25) is 14.4 Å². The smallest absolute Gasteiger partial charge is 0.243 e. The first-order chi connectivity index (χ1) is 14.3. The molecule has 0 atom stereocenters. The summed E-state index contributed by atoms with van der Waals surface area (Å²) in [5.41, 5.74) is 4.87. The molecule has 0 radical (unpaired) electrons. The van der Waals surface area contributed by atoms with Crippen LogP contribution < -0.4 is 5.32 Å². The molecule has 0 saturated carbocycles. The number of hydrogen-bond acceptors (Lipinski definition) is 5. The molecule has 4 rings (SSSR count). The maximum absolute atomic E-state index is 13.1. The molecule has 2 aliphatic rings. The van der Waals surface area contributed by atoms with Gasteiger partial charge in [-0.25, -0.2) is 8.42 Å². The Labute approximate surface area is 177 Å². The predicted octanol–water partition coefficient (Wildman–Crippen LogP) is 1.47. The molecule has 162 valence electrons. The van der Waals surface area contributed by atoms with Crippen LogP contribution in [0.3, 0.4) is 0 Å². The SMILES string of the molecule is Cc1nn(C)c(C)c1NC(=O)CN1CCN(S(=O)(=O)c2ccc3c(c2)CCC3)CC1. The molecule has 1 aromatic heterocycles. The lowest BCUT2D eigenvalue weighted by Gasteiger charge is -2.33. The van der Waals surface area contributed by atoms with Crippen molar-refractivity contribution in [2.75, 3.05) is 38.0 Å². The van der Waals surface area contributed by atoms with Crippen molar-refractivity contribution in [1.82, 2.24) is 19.0 Å². The van der Waals surface area contributed by atoms with E-state index in [0.717, 1.165) is 41.9 Å². The van der Waals surface area contributed by atoms with Gasteiger partial charge in [0.05, 0.1) is 28.5 Å². The summed E-state index contributed by atoms with van der Waals surface area (Å²) in [4.78, 5) is 14.9. The average molecular weight is 432 g/mol. The molecule has 9 heteroatoms. The van der Waals surface area contributed by atoms with Crippen LogP contribution in [-0.2, 0) is 34.7 Å². The Morgan fingerprint density at radius 3 is 2.47 bits per heavy atom. The number of nitrogens with zero attached hydrogens (tertiary/aromatic N) is 4. The first-order valence-corrected chi connectivity index (χ1v) is 11.8. The van der Waals surface area contributed by atoms with Crippen molar-refractivity contribution in [1.29, 1.82) is 0 Å². The topological polar surface area (TPSA) is 87.5 Å². The number of aryl methyl sites for hydroxylation is 4. The minimum Gasteiger partial charge on any atom is -0.322 e. The van der Waals surface area contributed by atoms with Crippen molar-refractivity contribution in [3.63, 3.8) is 0 Å². The fourth-order valence-corrected chi connectivity index (χ4v) is 5.80. The van der Waals surface area contributed by atoms with Crippen molar-refractivity contribution >= 4 is 21.6 Å². The summed E-state index contributed by atoms with van der Waals surface area (Å²) in [6.45, 7) is 5.85. The highest BCUT2D eigenvalue weighted by Crippen LogP contribution is 2.26. The lowest BCUT2D eigenvalue weighted by atomic mass is 10.1. The molecule has 1 aliphatic heterocycles. The van der Waals surface area contributed by atoms with Crippen LogP contribution in [0.2, 0.25) is 0 Å². The Morgan fingerprint density at radius 1 is 1.10 bits per heavy atom. The van der Waals surface area contributed by atoms with E-state index in [4.69, 9.17) is 0 Å². The molecule has 2 aromatic rings. The number of aromatic nitrogens is 2. The van der Waals surface area contributed by atoms with Gasteiger partial charge in [0.2, 0.25) is 15.9 Å². The Balaban J connectivity index is 1.35. The van der Waals surface area contributed by atoms with E-state index in [9.17, 15) is 13.2 Å². The van der Waals surface area contributed by atoms with E-state index in [-0.39, 0.29) is 12.5 Å². The fraction of sp³-hybridized carbons (Fsp3) is 0.524. The van der Waals surface area contributed by atoms with Crippen LogP contribution in [-0.4, -0.2) is 66.0 Å². The summed E-state index contributed by atoms with van der Waals surface area (Å²) >= 11 is 0. The Hall–Kier alpha value is -2.23. The van der Waals surface area contributed by atoms with E-state index >= 15 is 0 Å². The monoisotopic (exact) mass is 431 g/mol. The summed E-state index contributed by atoms with van der Waals surface area (Å²) in [6.07, 6.45) is 3.09. The second kappa shape index (κ2) is 8.13. The molecule has 30 heavy (non-hydrogen) atoms.